The monoisotopic (exact) mass is 343 g/mol. The van der Waals surface area contributed by atoms with E-state index in [0.717, 1.165) is 40.7 Å². The molecule has 0 atom stereocenters. The lowest BCUT2D eigenvalue weighted by Crippen LogP contribution is -2.19. The third-order valence-electron chi connectivity index (χ3n) is 4.92. The molecule has 0 saturated carbocycles. The highest BCUT2D eigenvalue weighted by Gasteiger charge is 2.23. The van der Waals surface area contributed by atoms with Gasteiger partial charge in [0.2, 0.25) is 5.88 Å². The first-order chi connectivity index (χ1) is 12.1. The van der Waals surface area contributed by atoms with Gasteiger partial charge in [0.05, 0.1) is 36.6 Å². The van der Waals surface area contributed by atoms with Gasteiger partial charge in [-0.2, -0.15) is 0 Å². The smallest absolute Gasteiger partial charge is 0.201 e. The van der Waals surface area contributed by atoms with Crippen LogP contribution in [0.4, 0.5) is 5.69 Å². The number of nitrogens with one attached hydrogen (secondary N) is 1. The van der Waals surface area contributed by atoms with Crippen molar-refractivity contribution < 1.29 is 9.84 Å². The Hall–Kier alpha value is -2.01. The van der Waals surface area contributed by atoms with Gasteiger partial charge in [-0.25, -0.2) is 0 Å². The van der Waals surface area contributed by atoms with Crippen LogP contribution in [0.2, 0.25) is 0 Å². The first-order valence-corrected chi connectivity index (χ1v) is 9.31. The largest absolute Gasteiger partial charge is 0.494 e. The van der Waals surface area contributed by atoms with E-state index >= 15 is 0 Å². The number of aromatic nitrogens is 1. The molecule has 0 fully saturated rings. The number of ether oxygens (including phenoxy) is 1. The highest BCUT2D eigenvalue weighted by Crippen LogP contribution is 2.36. The van der Waals surface area contributed by atoms with Gasteiger partial charge in [0, 0.05) is 23.2 Å². The fourth-order valence-electron chi connectivity index (χ4n) is 3.54. The number of rotatable bonds is 6. The van der Waals surface area contributed by atoms with Gasteiger partial charge in [-0.15, -0.1) is 0 Å². The van der Waals surface area contributed by atoms with E-state index in [1.807, 2.05) is 4.57 Å². The number of anilines is 1. The SMILES string of the molecule is CCC(CC)Nc1ccc2c(c1)c(C1=NCCOC1)c(O)n2C(C)C. The molecule has 1 aromatic carbocycles. The number of fused-ring (bicyclic) bond motifs is 1. The zero-order valence-corrected chi connectivity index (χ0v) is 15.7. The lowest BCUT2D eigenvalue weighted by Gasteiger charge is -2.17. The third-order valence-corrected chi connectivity index (χ3v) is 4.92. The van der Waals surface area contributed by atoms with Crippen LogP contribution < -0.4 is 5.32 Å². The Kier molecular flexibility index (Phi) is 5.33. The van der Waals surface area contributed by atoms with Crippen molar-refractivity contribution in [1.29, 1.82) is 0 Å². The molecule has 0 aliphatic carbocycles. The average Bonchev–Trinajstić information content (AvgIpc) is 2.91. The van der Waals surface area contributed by atoms with Crippen molar-refractivity contribution in [3.63, 3.8) is 0 Å². The Morgan fingerprint density at radius 1 is 1.28 bits per heavy atom. The molecule has 0 unspecified atom stereocenters. The molecule has 5 heteroatoms. The molecule has 1 aliphatic heterocycles. The van der Waals surface area contributed by atoms with Gasteiger partial charge in [-0.1, -0.05) is 13.8 Å². The van der Waals surface area contributed by atoms with Crippen LogP contribution in [-0.4, -0.2) is 41.2 Å². The molecule has 2 heterocycles. The van der Waals surface area contributed by atoms with Crippen LogP contribution in [0.3, 0.4) is 0 Å². The molecule has 1 aliphatic rings. The Bertz CT molecular complexity index is 773. The maximum absolute atomic E-state index is 10.9. The maximum Gasteiger partial charge on any atom is 0.201 e. The summed E-state index contributed by atoms with van der Waals surface area (Å²) in [7, 11) is 0. The minimum Gasteiger partial charge on any atom is -0.494 e. The molecule has 0 bridgehead atoms. The summed E-state index contributed by atoms with van der Waals surface area (Å²) < 4.78 is 7.55. The summed E-state index contributed by atoms with van der Waals surface area (Å²) in [5, 5.41) is 15.5. The van der Waals surface area contributed by atoms with Crippen LogP contribution in [0.25, 0.3) is 10.9 Å². The van der Waals surface area contributed by atoms with Crippen molar-refractivity contribution in [3.05, 3.63) is 23.8 Å². The van der Waals surface area contributed by atoms with E-state index in [4.69, 9.17) is 4.74 Å². The van der Waals surface area contributed by atoms with E-state index in [1.165, 1.54) is 0 Å². The summed E-state index contributed by atoms with van der Waals surface area (Å²) in [4.78, 5) is 4.60. The summed E-state index contributed by atoms with van der Waals surface area (Å²) in [6.07, 6.45) is 2.17. The molecule has 25 heavy (non-hydrogen) atoms. The van der Waals surface area contributed by atoms with E-state index < -0.39 is 0 Å². The van der Waals surface area contributed by atoms with Crippen molar-refractivity contribution in [3.8, 4) is 5.88 Å². The molecule has 0 radical (unpaired) electrons. The van der Waals surface area contributed by atoms with Crippen LogP contribution in [0.15, 0.2) is 23.2 Å². The van der Waals surface area contributed by atoms with Gasteiger partial charge < -0.3 is 19.7 Å². The van der Waals surface area contributed by atoms with Crippen LogP contribution in [0, 0.1) is 0 Å². The molecule has 0 spiro atoms. The molecule has 0 saturated heterocycles. The first-order valence-electron chi connectivity index (χ1n) is 9.31. The van der Waals surface area contributed by atoms with Gasteiger partial charge >= 0.3 is 0 Å². The summed E-state index contributed by atoms with van der Waals surface area (Å²) in [5.41, 5.74) is 3.77. The second-order valence-corrected chi connectivity index (χ2v) is 6.93. The van der Waals surface area contributed by atoms with Gasteiger partial charge in [0.1, 0.15) is 0 Å². The van der Waals surface area contributed by atoms with Crippen LogP contribution in [0.5, 0.6) is 5.88 Å². The standard InChI is InChI=1S/C20H29N3O2/c1-5-14(6-2)22-15-7-8-18-16(11-15)19(17-12-25-10-9-21-17)20(24)23(18)13(3)4/h7-8,11,13-14,22,24H,5-6,9-10,12H2,1-4H3. The summed E-state index contributed by atoms with van der Waals surface area (Å²) >= 11 is 0. The zero-order chi connectivity index (χ0) is 18.0. The van der Waals surface area contributed by atoms with Crippen molar-refractivity contribution in [2.24, 2.45) is 4.99 Å². The van der Waals surface area contributed by atoms with Crippen LogP contribution >= 0.6 is 0 Å². The van der Waals surface area contributed by atoms with Crippen molar-refractivity contribution in [1.82, 2.24) is 4.57 Å². The second kappa shape index (κ2) is 7.48. The highest BCUT2D eigenvalue weighted by molar-refractivity contribution is 6.14. The summed E-state index contributed by atoms with van der Waals surface area (Å²) in [5.74, 6) is 0.286. The third kappa shape index (κ3) is 3.38. The van der Waals surface area contributed by atoms with E-state index in [0.29, 0.717) is 25.8 Å². The van der Waals surface area contributed by atoms with E-state index in [1.54, 1.807) is 0 Å². The quantitative estimate of drug-likeness (QED) is 0.820. The molecule has 2 aromatic rings. The first kappa shape index (κ1) is 17.8. The number of hydrogen-bond donors (Lipinski definition) is 2. The predicted octanol–water partition coefficient (Wildman–Crippen LogP) is 4.35. The highest BCUT2D eigenvalue weighted by atomic mass is 16.5. The minimum atomic E-state index is 0.166. The molecule has 3 rings (SSSR count). The molecule has 5 nitrogen and oxygen atoms in total. The van der Waals surface area contributed by atoms with E-state index in [-0.39, 0.29) is 11.9 Å². The van der Waals surface area contributed by atoms with Crippen molar-refractivity contribution in [2.75, 3.05) is 25.1 Å². The predicted molar refractivity (Wildman–Crippen MR) is 104 cm³/mol. The van der Waals surface area contributed by atoms with Crippen molar-refractivity contribution in [2.45, 2.75) is 52.6 Å². The van der Waals surface area contributed by atoms with E-state index in [2.05, 4.69) is 56.2 Å². The topological polar surface area (TPSA) is 58.8 Å². The number of hydrogen-bond acceptors (Lipinski definition) is 4. The molecule has 1 aromatic heterocycles. The summed E-state index contributed by atoms with van der Waals surface area (Å²) in [6.45, 7) is 10.3. The lowest BCUT2D eigenvalue weighted by atomic mass is 10.1. The molecule has 0 amide bonds. The fraction of sp³-hybridized carbons (Fsp3) is 0.550. The molecule has 136 valence electrons. The van der Waals surface area contributed by atoms with Crippen LogP contribution in [0.1, 0.15) is 52.1 Å². The zero-order valence-electron chi connectivity index (χ0n) is 15.7. The Labute approximate surface area is 149 Å². The lowest BCUT2D eigenvalue weighted by molar-refractivity contribution is 0.171. The number of aliphatic imine (C=N–C) groups is 1. The maximum atomic E-state index is 10.9. The number of benzene rings is 1. The second-order valence-electron chi connectivity index (χ2n) is 6.93. The van der Waals surface area contributed by atoms with E-state index in [9.17, 15) is 5.11 Å². The van der Waals surface area contributed by atoms with Gasteiger partial charge in [-0.3, -0.25) is 4.99 Å². The number of aromatic hydroxyl groups is 1. The molecular weight excluding hydrogens is 314 g/mol. The fourth-order valence-corrected chi connectivity index (χ4v) is 3.54. The van der Waals surface area contributed by atoms with Gasteiger partial charge in [-0.05, 0) is 44.9 Å². The van der Waals surface area contributed by atoms with Gasteiger partial charge in [0.15, 0.2) is 0 Å². The molecule has 2 N–H and O–H groups in total. The minimum absolute atomic E-state index is 0.166. The Morgan fingerprint density at radius 2 is 2.04 bits per heavy atom. The van der Waals surface area contributed by atoms with Crippen LogP contribution in [-0.2, 0) is 4.74 Å². The summed E-state index contributed by atoms with van der Waals surface area (Å²) in [6, 6.07) is 6.95. The molecular formula is C20H29N3O2. The number of nitrogens with zero attached hydrogens (tertiary/aromatic N) is 2. The average molecular weight is 343 g/mol. The Morgan fingerprint density at radius 3 is 2.64 bits per heavy atom. The normalized spacial score (nSPS) is 15.2. The van der Waals surface area contributed by atoms with Crippen molar-refractivity contribution >= 4 is 22.3 Å². The Balaban J connectivity index is 2.14. The van der Waals surface area contributed by atoms with Gasteiger partial charge in [0.25, 0.3) is 0 Å².